The Bertz CT molecular complexity index is 741. The highest BCUT2D eigenvalue weighted by molar-refractivity contribution is 5.69. The molecule has 4 heteroatoms. The Morgan fingerprint density at radius 1 is 1.20 bits per heavy atom. The maximum Gasteiger partial charge on any atom is 0.297 e. The van der Waals surface area contributed by atoms with Crippen LogP contribution < -0.4 is 5.32 Å². The molecule has 134 valence electrons. The first-order valence-electron chi connectivity index (χ1n) is 9.87. The van der Waals surface area contributed by atoms with Gasteiger partial charge in [-0.15, -0.1) is 0 Å². The van der Waals surface area contributed by atoms with Gasteiger partial charge in [0.25, 0.3) is 6.01 Å². The molecule has 4 bridgehead atoms. The second-order valence-corrected chi connectivity index (χ2v) is 10.2. The number of aromatic nitrogens is 2. The summed E-state index contributed by atoms with van der Waals surface area (Å²) in [6, 6.07) is 5.06. The first kappa shape index (κ1) is 15.7. The van der Waals surface area contributed by atoms with Crippen LogP contribution in [0.1, 0.15) is 59.3 Å². The number of hydrogen-bond acceptors (Lipinski definition) is 4. The van der Waals surface area contributed by atoms with Gasteiger partial charge in [-0.1, -0.05) is 20.8 Å². The van der Waals surface area contributed by atoms with E-state index in [1.807, 2.05) is 12.1 Å². The molecule has 0 spiro atoms. The molecule has 0 aliphatic heterocycles. The second-order valence-electron chi connectivity index (χ2n) is 10.2. The minimum atomic E-state index is 0.431. The van der Waals surface area contributed by atoms with Crippen LogP contribution in [0.3, 0.4) is 0 Å². The Kier molecular flexibility index (Phi) is 3.27. The zero-order chi connectivity index (χ0) is 17.2. The van der Waals surface area contributed by atoms with Gasteiger partial charge < -0.3 is 9.73 Å². The van der Waals surface area contributed by atoms with Gasteiger partial charge in [0.1, 0.15) is 5.52 Å². The van der Waals surface area contributed by atoms with E-state index in [-0.39, 0.29) is 0 Å². The molecule has 2 atom stereocenters. The highest BCUT2D eigenvalue weighted by atomic mass is 16.4. The van der Waals surface area contributed by atoms with Crippen molar-refractivity contribution in [3.05, 3.63) is 18.3 Å². The lowest BCUT2D eigenvalue weighted by atomic mass is 9.46. The van der Waals surface area contributed by atoms with Crippen LogP contribution in [0.15, 0.2) is 22.7 Å². The predicted octanol–water partition coefficient (Wildman–Crippen LogP) is 5.27. The molecule has 0 saturated heterocycles. The van der Waals surface area contributed by atoms with Crippen molar-refractivity contribution >= 4 is 17.2 Å². The van der Waals surface area contributed by atoms with Gasteiger partial charge in [-0.05, 0) is 79.2 Å². The number of hydrogen-bond donors (Lipinski definition) is 1. The third-order valence-electron chi connectivity index (χ3n) is 6.76. The number of pyridine rings is 1. The Hall–Kier alpha value is -1.58. The van der Waals surface area contributed by atoms with Crippen molar-refractivity contribution in [2.45, 2.75) is 65.3 Å². The molecule has 2 heterocycles. The smallest absolute Gasteiger partial charge is 0.297 e. The molecule has 2 unspecified atom stereocenters. The van der Waals surface area contributed by atoms with Crippen LogP contribution in [0.4, 0.5) is 6.01 Å². The number of nitrogens with one attached hydrogen (secondary N) is 1. The van der Waals surface area contributed by atoms with Crippen LogP contribution in [-0.4, -0.2) is 16.0 Å². The van der Waals surface area contributed by atoms with Crippen molar-refractivity contribution in [1.82, 2.24) is 9.97 Å². The van der Waals surface area contributed by atoms with Crippen LogP contribution in [0.5, 0.6) is 0 Å². The fourth-order valence-corrected chi connectivity index (χ4v) is 6.74. The summed E-state index contributed by atoms with van der Waals surface area (Å²) in [5, 5.41) is 3.68. The summed E-state index contributed by atoms with van der Waals surface area (Å²) >= 11 is 0. The maximum atomic E-state index is 5.85. The number of rotatable bonds is 3. The number of anilines is 1. The summed E-state index contributed by atoms with van der Waals surface area (Å²) < 4.78 is 5.85. The lowest BCUT2D eigenvalue weighted by Gasteiger charge is -2.61. The van der Waals surface area contributed by atoms with Crippen LogP contribution in [0.2, 0.25) is 0 Å². The zero-order valence-corrected chi connectivity index (χ0v) is 15.6. The fourth-order valence-electron chi connectivity index (χ4n) is 6.74. The molecule has 4 nitrogen and oxygen atoms in total. The first-order chi connectivity index (χ1) is 11.9. The molecule has 25 heavy (non-hydrogen) atoms. The molecular formula is C21H29N3O. The van der Waals surface area contributed by atoms with Gasteiger partial charge in [0.05, 0.1) is 0 Å². The predicted molar refractivity (Wildman–Crippen MR) is 99.3 cm³/mol. The summed E-state index contributed by atoms with van der Waals surface area (Å²) in [6.07, 6.45) is 10.1. The summed E-state index contributed by atoms with van der Waals surface area (Å²) in [5.74, 6) is 2.50. The van der Waals surface area contributed by atoms with E-state index in [2.05, 4.69) is 36.1 Å². The molecule has 1 N–H and O–H groups in total. The van der Waals surface area contributed by atoms with E-state index in [4.69, 9.17) is 4.42 Å². The molecule has 4 aliphatic carbocycles. The number of nitrogens with zero attached hydrogens (tertiary/aromatic N) is 2. The van der Waals surface area contributed by atoms with E-state index < -0.39 is 0 Å². The number of oxazole rings is 1. The highest BCUT2D eigenvalue weighted by Gasteiger charge is 2.56. The van der Waals surface area contributed by atoms with E-state index in [9.17, 15) is 0 Å². The standard InChI is InChI=1S/C21H29N3O/c1-20(2,3)12-21-9-13-7-14(10-21)17(15(8-13)11-21)24-19-23-16-5-4-6-22-18(16)25-19/h4-6,13-15,17H,7-12H2,1-3H3,(H,23,24). The van der Waals surface area contributed by atoms with Gasteiger partial charge in [0.15, 0.2) is 0 Å². The van der Waals surface area contributed by atoms with Crippen LogP contribution in [0, 0.1) is 28.6 Å². The van der Waals surface area contributed by atoms with E-state index in [1.54, 1.807) is 6.20 Å². The van der Waals surface area contributed by atoms with Gasteiger partial charge in [-0.25, -0.2) is 4.98 Å². The van der Waals surface area contributed by atoms with Crippen molar-refractivity contribution in [2.75, 3.05) is 5.32 Å². The van der Waals surface area contributed by atoms with Gasteiger partial charge >= 0.3 is 0 Å². The number of fused-ring (bicyclic) bond motifs is 1. The monoisotopic (exact) mass is 339 g/mol. The van der Waals surface area contributed by atoms with Crippen molar-refractivity contribution in [3.8, 4) is 0 Å². The third-order valence-corrected chi connectivity index (χ3v) is 6.76. The lowest BCUT2D eigenvalue weighted by molar-refractivity contribution is -0.0802. The summed E-state index contributed by atoms with van der Waals surface area (Å²) in [4.78, 5) is 8.87. The molecule has 4 aliphatic rings. The average Bonchev–Trinajstić information content (AvgIpc) is 2.90. The molecule has 0 amide bonds. The largest absolute Gasteiger partial charge is 0.404 e. The van der Waals surface area contributed by atoms with Gasteiger partial charge in [-0.2, -0.15) is 4.98 Å². The van der Waals surface area contributed by atoms with Crippen molar-refractivity contribution in [1.29, 1.82) is 0 Å². The van der Waals surface area contributed by atoms with Crippen molar-refractivity contribution < 1.29 is 4.42 Å². The molecule has 4 fully saturated rings. The Labute approximate surface area is 149 Å². The normalized spacial score (nSPS) is 36.9. The summed E-state index contributed by atoms with van der Waals surface area (Å²) in [7, 11) is 0. The van der Waals surface area contributed by atoms with Crippen molar-refractivity contribution in [3.63, 3.8) is 0 Å². The molecule has 0 radical (unpaired) electrons. The Morgan fingerprint density at radius 2 is 1.96 bits per heavy atom. The minimum absolute atomic E-state index is 0.431. The van der Waals surface area contributed by atoms with Gasteiger partial charge in [-0.3, -0.25) is 0 Å². The maximum absolute atomic E-state index is 5.85. The first-order valence-corrected chi connectivity index (χ1v) is 9.87. The summed E-state index contributed by atoms with van der Waals surface area (Å²) in [6.45, 7) is 7.23. The quantitative estimate of drug-likeness (QED) is 0.828. The van der Waals surface area contributed by atoms with Gasteiger partial charge in [0, 0.05) is 12.2 Å². The summed E-state index contributed by atoms with van der Waals surface area (Å²) in [5.41, 5.74) is 2.51. The van der Waals surface area contributed by atoms with Crippen LogP contribution in [0.25, 0.3) is 11.2 Å². The minimum Gasteiger partial charge on any atom is -0.404 e. The average molecular weight is 339 g/mol. The fraction of sp³-hybridized carbons (Fsp3) is 0.714. The van der Waals surface area contributed by atoms with Crippen molar-refractivity contribution in [2.24, 2.45) is 28.6 Å². The van der Waals surface area contributed by atoms with E-state index in [0.29, 0.717) is 28.6 Å². The zero-order valence-electron chi connectivity index (χ0n) is 15.6. The lowest BCUT2D eigenvalue weighted by Crippen LogP contribution is -2.56. The highest BCUT2D eigenvalue weighted by Crippen LogP contribution is 2.63. The van der Waals surface area contributed by atoms with E-state index in [0.717, 1.165) is 23.3 Å². The second kappa shape index (κ2) is 5.21. The topological polar surface area (TPSA) is 51.0 Å². The van der Waals surface area contributed by atoms with Crippen LogP contribution >= 0.6 is 0 Å². The SMILES string of the molecule is CC(C)(C)CC12CC3CC(C1)C(Nc1nc4cccnc4o1)C(C3)C2. The molecule has 2 aromatic heterocycles. The van der Waals surface area contributed by atoms with E-state index >= 15 is 0 Å². The van der Waals surface area contributed by atoms with Gasteiger partial charge in [0.2, 0.25) is 5.71 Å². The third kappa shape index (κ3) is 2.74. The molecule has 0 aromatic carbocycles. The molecule has 2 aromatic rings. The van der Waals surface area contributed by atoms with Crippen LogP contribution in [-0.2, 0) is 0 Å². The van der Waals surface area contributed by atoms with E-state index in [1.165, 1.54) is 38.5 Å². The molecular weight excluding hydrogens is 310 g/mol. The molecule has 6 rings (SSSR count). The Morgan fingerprint density at radius 3 is 2.64 bits per heavy atom. The molecule has 4 saturated carbocycles. The Balaban J connectivity index is 1.38.